The van der Waals surface area contributed by atoms with E-state index in [0.29, 0.717) is 0 Å². The number of hydrogen-bond acceptors (Lipinski definition) is 3. The third-order valence-electron chi connectivity index (χ3n) is 3.47. The Bertz CT molecular complexity index is 843. The third kappa shape index (κ3) is 4.06. The third-order valence-corrected chi connectivity index (χ3v) is 4.88. The first-order valence-electron chi connectivity index (χ1n) is 7.22. The second-order valence-corrected chi connectivity index (χ2v) is 6.96. The fourth-order valence-corrected chi connectivity index (χ4v) is 3.25. The molecular weight excluding hydrogens is 310 g/mol. The lowest BCUT2D eigenvalue weighted by Gasteiger charge is -2.08. The first-order chi connectivity index (χ1) is 11.1. The first-order valence-corrected chi connectivity index (χ1v) is 8.70. The van der Waals surface area contributed by atoms with Gasteiger partial charge < -0.3 is 4.57 Å². The zero-order valence-electron chi connectivity index (χ0n) is 12.5. The van der Waals surface area contributed by atoms with Gasteiger partial charge in [-0.05, 0) is 23.3 Å². The van der Waals surface area contributed by atoms with Crippen molar-refractivity contribution in [1.82, 2.24) is 14.3 Å². The second kappa shape index (κ2) is 6.76. The van der Waals surface area contributed by atoms with Gasteiger partial charge in [0, 0.05) is 25.5 Å². The molecule has 5 nitrogen and oxygen atoms in total. The molecule has 2 aromatic carbocycles. The molecule has 118 valence electrons. The van der Waals surface area contributed by atoms with Gasteiger partial charge in [0.1, 0.15) is 0 Å². The Hall–Kier alpha value is -2.44. The summed E-state index contributed by atoms with van der Waals surface area (Å²) < 4.78 is 28.9. The van der Waals surface area contributed by atoms with Crippen molar-refractivity contribution in [3.05, 3.63) is 84.4 Å². The van der Waals surface area contributed by atoms with Crippen molar-refractivity contribution in [1.29, 1.82) is 0 Å². The fraction of sp³-hybridized carbons (Fsp3) is 0.118. The van der Waals surface area contributed by atoms with Gasteiger partial charge in [-0.1, -0.05) is 42.5 Å². The van der Waals surface area contributed by atoms with E-state index in [1.165, 1.54) is 0 Å². The van der Waals surface area contributed by atoms with Crippen LogP contribution in [0.5, 0.6) is 0 Å². The summed E-state index contributed by atoms with van der Waals surface area (Å²) in [4.78, 5) is 4.28. The minimum atomic E-state index is -3.47. The normalized spacial score (nSPS) is 11.5. The van der Waals surface area contributed by atoms with Gasteiger partial charge in [-0.15, -0.1) is 0 Å². The maximum Gasteiger partial charge on any atom is 0.240 e. The smallest absolute Gasteiger partial charge is 0.240 e. The average molecular weight is 327 g/mol. The molecule has 0 amide bonds. The Morgan fingerprint density at radius 1 is 0.957 bits per heavy atom. The zero-order chi connectivity index (χ0) is 16.1. The van der Waals surface area contributed by atoms with Crippen LogP contribution in [-0.2, 0) is 23.1 Å². The highest BCUT2D eigenvalue weighted by Gasteiger charge is 2.12. The van der Waals surface area contributed by atoms with E-state index in [4.69, 9.17) is 0 Å². The van der Waals surface area contributed by atoms with Gasteiger partial charge in [0.05, 0.1) is 11.2 Å². The van der Waals surface area contributed by atoms with Gasteiger partial charge in [-0.3, -0.25) is 0 Å². The van der Waals surface area contributed by atoms with Crippen molar-refractivity contribution in [2.24, 2.45) is 0 Å². The summed E-state index contributed by atoms with van der Waals surface area (Å²) in [5.41, 5.74) is 2.05. The van der Waals surface area contributed by atoms with Crippen molar-refractivity contribution < 1.29 is 8.42 Å². The lowest BCUT2D eigenvalue weighted by molar-refractivity contribution is 0.581. The lowest BCUT2D eigenvalue weighted by Crippen LogP contribution is -2.23. The minimum absolute atomic E-state index is 0.266. The topological polar surface area (TPSA) is 64.0 Å². The molecule has 0 aliphatic rings. The minimum Gasteiger partial charge on any atom is -0.333 e. The molecule has 0 aliphatic heterocycles. The van der Waals surface area contributed by atoms with Crippen molar-refractivity contribution in [3.63, 3.8) is 0 Å². The number of sulfonamides is 1. The largest absolute Gasteiger partial charge is 0.333 e. The van der Waals surface area contributed by atoms with Gasteiger partial charge in [0.2, 0.25) is 10.0 Å². The molecule has 0 atom stereocenters. The number of rotatable bonds is 6. The Labute approximate surface area is 135 Å². The standard InChI is InChI=1S/C17H17N3O2S/c21-23(22,17-4-2-1-3-5-17)19-12-15-6-8-16(9-7-15)13-20-11-10-18-14-20/h1-11,14,19H,12-13H2. The SMILES string of the molecule is O=S(=O)(NCc1ccc(Cn2ccnc2)cc1)c1ccccc1. The average Bonchev–Trinajstić information content (AvgIpc) is 3.08. The van der Waals surface area contributed by atoms with Gasteiger partial charge in [-0.2, -0.15) is 0 Å². The number of hydrogen-bond donors (Lipinski definition) is 1. The van der Waals surface area contributed by atoms with Crippen LogP contribution >= 0.6 is 0 Å². The molecule has 6 heteroatoms. The Morgan fingerprint density at radius 2 is 1.65 bits per heavy atom. The number of nitrogens with zero attached hydrogens (tertiary/aromatic N) is 2. The quantitative estimate of drug-likeness (QED) is 0.756. The summed E-state index contributed by atoms with van der Waals surface area (Å²) >= 11 is 0. The maximum atomic E-state index is 12.2. The molecule has 0 bridgehead atoms. The molecule has 0 saturated heterocycles. The van der Waals surface area contributed by atoms with E-state index in [2.05, 4.69) is 9.71 Å². The highest BCUT2D eigenvalue weighted by Crippen LogP contribution is 2.10. The Kier molecular flexibility index (Phi) is 4.55. The molecule has 1 N–H and O–H groups in total. The van der Waals surface area contributed by atoms with Crippen LogP contribution < -0.4 is 4.72 Å². The number of aromatic nitrogens is 2. The van der Waals surface area contributed by atoms with E-state index in [1.54, 1.807) is 42.9 Å². The summed E-state index contributed by atoms with van der Waals surface area (Å²) in [5, 5.41) is 0. The Morgan fingerprint density at radius 3 is 2.30 bits per heavy atom. The fourth-order valence-electron chi connectivity index (χ4n) is 2.21. The van der Waals surface area contributed by atoms with E-state index < -0.39 is 10.0 Å². The van der Waals surface area contributed by atoms with Crippen LogP contribution in [0.4, 0.5) is 0 Å². The van der Waals surface area contributed by atoms with Gasteiger partial charge >= 0.3 is 0 Å². The molecule has 3 rings (SSSR count). The van der Waals surface area contributed by atoms with E-state index in [9.17, 15) is 8.42 Å². The van der Waals surface area contributed by atoms with Crippen molar-refractivity contribution in [2.45, 2.75) is 18.0 Å². The molecule has 1 aromatic heterocycles. The van der Waals surface area contributed by atoms with E-state index in [0.717, 1.165) is 17.7 Å². The van der Waals surface area contributed by atoms with Crippen LogP contribution in [-0.4, -0.2) is 18.0 Å². The highest BCUT2D eigenvalue weighted by molar-refractivity contribution is 7.89. The maximum absolute atomic E-state index is 12.2. The molecule has 1 heterocycles. The molecule has 23 heavy (non-hydrogen) atoms. The summed E-state index contributed by atoms with van der Waals surface area (Å²) in [5.74, 6) is 0. The zero-order valence-corrected chi connectivity index (χ0v) is 13.3. The summed E-state index contributed by atoms with van der Waals surface area (Å²) in [6, 6.07) is 16.2. The second-order valence-electron chi connectivity index (χ2n) is 5.19. The van der Waals surface area contributed by atoms with Crippen LogP contribution in [0.2, 0.25) is 0 Å². The van der Waals surface area contributed by atoms with Crippen molar-refractivity contribution in [2.75, 3.05) is 0 Å². The van der Waals surface area contributed by atoms with Crippen molar-refractivity contribution in [3.8, 4) is 0 Å². The van der Waals surface area contributed by atoms with E-state index in [-0.39, 0.29) is 11.4 Å². The predicted molar refractivity (Wildman–Crippen MR) is 88.2 cm³/mol. The van der Waals surface area contributed by atoms with Crippen LogP contribution in [0.3, 0.4) is 0 Å². The monoisotopic (exact) mass is 327 g/mol. The van der Waals surface area contributed by atoms with Gasteiger partial charge in [-0.25, -0.2) is 18.1 Å². The van der Waals surface area contributed by atoms with Crippen LogP contribution in [0.15, 0.2) is 78.2 Å². The van der Waals surface area contributed by atoms with Crippen molar-refractivity contribution >= 4 is 10.0 Å². The van der Waals surface area contributed by atoms with Crippen LogP contribution in [0, 0.1) is 0 Å². The predicted octanol–water partition coefficient (Wildman–Crippen LogP) is 2.41. The highest BCUT2D eigenvalue weighted by atomic mass is 32.2. The Balaban J connectivity index is 1.62. The molecule has 3 aromatic rings. The molecule has 0 spiro atoms. The number of nitrogens with one attached hydrogen (secondary N) is 1. The number of imidazole rings is 1. The molecule has 0 fully saturated rings. The number of benzene rings is 2. The molecule has 0 unspecified atom stereocenters. The summed E-state index contributed by atoms with van der Waals surface area (Å²) in [6.45, 7) is 1.01. The molecular formula is C17H17N3O2S. The lowest BCUT2D eigenvalue weighted by atomic mass is 10.1. The first kappa shape index (κ1) is 15.5. The molecule has 0 radical (unpaired) electrons. The van der Waals surface area contributed by atoms with Gasteiger partial charge in [0.15, 0.2) is 0 Å². The molecule has 0 aliphatic carbocycles. The molecule has 0 saturated carbocycles. The summed E-state index contributed by atoms with van der Waals surface area (Å²) in [6.07, 6.45) is 5.41. The van der Waals surface area contributed by atoms with E-state index in [1.807, 2.05) is 35.0 Å². The van der Waals surface area contributed by atoms with E-state index >= 15 is 0 Å². The van der Waals surface area contributed by atoms with Crippen LogP contribution in [0.1, 0.15) is 11.1 Å². The van der Waals surface area contributed by atoms with Crippen LogP contribution in [0.25, 0.3) is 0 Å². The van der Waals surface area contributed by atoms with Gasteiger partial charge in [0.25, 0.3) is 0 Å². The summed E-state index contributed by atoms with van der Waals surface area (Å²) in [7, 11) is -3.47.